The van der Waals surface area contributed by atoms with Gasteiger partial charge in [0, 0.05) is 44.8 Å². The molecule has 10 nitrogen and oxygen atoms in total. The Bertz CT molecular complexity index is 1130. The summed E-state index contributed by atoms with van der Waals surface area (Å²) in [6.45, 7) is 5.91. The molecule has 168 valence electrons. The fraction of sp³-hybridized carbons (Fsp3) is 0.476. The van der Waals surface area contributed by atoms with Crippen molar-refractivity contribution in [2.24, 2.45) is 5.92 Å². The highest BCUT2D eigenvalue weighted by molar-refractivity contribution is 6.02. The maximum absolute atomic E-state index is 13.3. The summed E-state index contributed by atoms with van der Waals surface area (Å²) in [6, 6.07) is 0. The summed E-state index contributed by atoms with van der Waals surface area (Å²) < 4.78 is 20.4. The molecule has 0 saturated carbocycles. The maximum atomic E-state index is 13.3. The number of likely N-dealkylation sites (tertiary alicyclic amines) is 1. The lowest BCUT2D eigenvalue weighted by molar-refractivity contribution is 0.102. The maximum Gasteiger partial charge on any atom is 0.277 e. The predicted molar refractivity (Wildman–Crippen MR) is 116 cm³/mol. The lowest BCUT2D eigenvalue weighted by atomic mass is 10.00. The molecular weight excluding hydrogens is 415 g/mol. The molecule has 11 heteroatoms. The average Bonchev–Trinajstić information content (AvgIpc) is 3.34. The number of rotatable bonds is 6. The third-order valence-electron chi connectivity index (χ3n) is 5.85. The zero-order valence-electron chi connectivity index (χ0n) is 18.0. The van der Waals surface area contributed by atoms with Crippen molar-refractivity contribution in [3.05, 3.63) is 36.2 Å². The molecule has 0 spiro atoms. The van der Waals surface area contributed by atoms with Crippen LogP contribution in [0.25, 0.3) is 5.65 Å². The smallest absolute Gasteiger partial charge is 0.277 e. The van der Waals surface area contributed by atoms with Crippen LogP contribution in [0.2, 0.25) is 0 Å². The highest BCUT2D eigenvalue weighted by Gasteiger charge is 2.32. The molecule has 0 aliphatic carbocycles. The van der Waals surface area contributed by atoms with Crippen LogP contribution in [0, 0.1) is 12.8 Å². The van der Waals surface area contributed by atoms with E-state index < -0.39 is 12.1 Å². The quantitative estimate of drug-likeness (QED) is 0.617. The molecule has 1 unspecified atom stereocenters. The lowest BCUT2D eigenvalue weighted by Gasteiger charge is -2.41. The molecule has 0 radical (unpaired) electrons. The first-order valence-electron chi connectivity index (χ1n) is 10.6. The average molecular weight is 440 g/mol. The van der Waals surface area contributed by atoms with Crippen molar-refractivity contribution >= 4 is 23.2 Å². The number of hydrogen-bond acceptors (Lipinski definition) is 8. The number of amides is 1. The van der Waals surface area contributed by atoms with Gasteiger partial charge in [-0.25, -0.2) is 19.3 Å². The van der Waals surface area contributed by atoms with Crippen LogP contribution in [0.1, 0.15) is 22.6 Å². The number of halogens is 1. The largest absolute Gasteiger partial charge is 0.478 e. The van der Waals surface area contributed by atoms with Gasteiger partial charge in [-0.2, -0.15) is 4.98 Å². The lowest BCUT2D eigenvalue weighted by Crippen LogP contribution is -2.51. The first kappa shape index (κ1) is 20.6. The first-order valence-corrected chi connectivity index (χ1v) is 10.6. The van der Waals surface area contributed by atoms with Crippen molar-refractivity contribution < 1.29 is 13.9 Å². The third-order valence-corrected chi connectivity index (χ3v) is 5.85. The number of aryl methyl sites for hydroxylation is 1. The van der Waals surface area contributed by atoms with Gasteiger partial charge in [-0.15, -0.1) is 0 Å². The van der Waals surface area contributed by atoms with Crippen molar-refractivity contribution in [3.63, 3.8) is 0 Å². The number of fused-ring (bicyclic) bond motifs is 1. The molecule has 1 N–H and O–H groups in total. The molecule has 5 rings (SSSR count). The molecule has 2 aliphatic heterocycles. The molecule has 3 aromatic heterocycles. The van der Waals surface area contributed by atoms with Crippen molar-refractivity contribution in [1.82, 2.24) is 29.2 Å². The number of anilines is 2. The van der Waals surface area contributed by atoms with E-state index in [1.54, 1.807) is 16.8 Å². The van der Waals surface area contributed by atoms with Crippen LogP contribution >= 0.6 is 0 Å². The summed E-state index contributed by atoms with van der Waals surface area (Å²) in [6.07, 6.45) is 6.52. The SMILES string of the molecule is COc1nc(NC(=O)c2cnc(N3CC(CN4CCC(F)C4)C3)cn2)cn2cc(C)nc12. The summed E-state index contributed by atoms with van der Waals surface area (Å²) in [5.74, 6) is 1.47. The van der Waals surface area contributed by atoms with Crippen LogP contribution < -0.4 is 15.0 Å². The normalized spacial score (nSPS) is 19.3. The molecule has 5 heterocycles. The standard InChI is InChI=1S/C21H25FN8O2/c1-13-7-30-12-17(27-21(32-2)19(30)25-13)26-20(31)16-5-24-18(6-23-16)29-9-14(10-29)8-28-4-3-15(22)11-28/h5-7,12,14-15H,3-4,8-11H2,1-2H3,(H,26,31). The number of carbonyl (C=O) groups is 1. The van der Waals surface area contributed by atoms with Crippen molar-refractivity contribution in [1.29, 1.82) is 0 Å². The van der Waals surface area contributed by atoms with E-state index in [-0.39, 0.29) is 5.69 Å². The number of alkyl halides is 1. The van der Waals surface area contributed by atoms with Gasteiger partial charge in [-0.1, -0.05) is 0 Å². The topological polar surface area (TPSA) is 101 Å². The number of nitrogens with zero attached hydrogens (tertiary/aromatic N) is 7. The van der Waals surface area contributed by atoms with Gasteiger partial charge in [0.15, 0.2) is 5.82 Å². The van der Waals surface area contributed by atoms with Crippen LogP contribution in [-0.4, -0.2) is 81.1 Å². The zero-order chi connectivity index (χ0) is 22.2. The Morgan fingerprint density at radius 3 is 2.75 bits per heavy atom. The minimum absolute atomic E-state index is 0.194. The van der Waals surface area contributed by atoms with Gasteiger partial charge in [-0.3, -0.25) is 14.1 Å². The van der Waals surface area contributed by atoms with Gasteiger partial charge in [0.2, 0.25) is 5.65 Å². The van der Waals surface area contributed by atoms with Gasteiger partial charge in [-0.05, 0) is 13.3 Å². The second-order valence-corrected chi connectivity index (χ2v) is 8.38. The van der Waals surface area contributed by atoms with E-state index in [0.717, 1.165) is 37.7 Å². The van der Waals surface area contributed by atoms with Crippen LogP contribution in [0.4, 0.5) is 16.0 Å². The fourth-order valence-electron chi connectivity index (χ4n) is 4.26. The number of ether oxygens (including phenoxy) is 1. The molecule has 2 fully saturated rings. The van der Waals surface area contributed by atoms with Gasteiger partial charge in [0.1, 0.15) is 17.7 Å². The summed E-state index contributed by atoms with van der Waals surface area (Å²) in [5.41, 5.74) is 1.59. The Labute approximate surface area is 184 Å². The minimum atomic E-state index is -0.682. The molecule has 0 bridgehead atoms. The van der Waals surface area contributed by atoms with Crippen LogP contribution in [0.3, 0.4) is 0 Å². The van der Waals surface area contributed by atoms with Gasteiger partial charge < -0.3 is 15.0 Å². The molecule has 32 heavy (non-hydrogen) atoms. The van der Waals surface area contributed by atoms with E-state index in [2.05, 4.69) is 35.1 Å². The number of imidazole rings is 1. The van der Waals surface area contributed by atoms with Crippen molar-refractivity contribution in [2.75, 3.05) is 50.1 Å². The highest BCUT2D eigenvalue weighted by Crippen LogP contribution is 2.25. The molecule has 1 atom stereocenters. The number of aromatic nitrogens is 5. The summed E-state index contributed by atoms with van der Waals surface area (Å²) >= 11 is 0. The Kier molecular flexibility index (Phi) is 5.33. The van der Waals surface area contributed by atoms with E-state index >= 15 is 0 Å². The van der Waals surface area contributed by atoms with E-state index in [4.69, 9.17) is 4.74 Å². The number of carbonyl (C=O) groups excluding carboxylic acids is 1. The van der Waals surface area contributed by atoms with Crippen LogP contribution in [0.15, 0.2) is 24.8 Å². The molecule has 2 aliphatic rings. The number of methoxy groups -OCH3 is 1. The molecule has 1 amide bonds. The second-order valence-electron chi connectivity index (χ2n) is 8.38. The minimum Gasteiger partial charge on any atom is -0.478 e. The van der Waals surface area contributed by atoms with Gasteiger partial charge >= 0.3 is 0 Å². The first-order chi connectivity index (χ1) is 15.5. The molecule has 2 saturated heterocycles. The van der Waals surface area contributed by atoms with Crippen molar-refractivity contribution in [3.8, 4) is 5.88 Å². The monoisotopic (exact) mass is 440 g/mol. The van der Waals surface area contributed by atoms with E-state index in [1.165, 1.54) is 13.3 Å². The molecule has 3 aromatic rings. The van der Waals surface area contributed by atoms with Gasteiger partial charge in [0.25, 0.3) is 11.8 Å². The van der Waals surface area contributed by atoms with Crippen LogP contribution in [-0.2, 0) is 0 Å². The van der Waals surface area contributed by atoms with E-state index in [0.29, 0.717) is 36.2 Å². The predicted octanol–water partition coefficient (Wildman–Crippen LogP) is 1.57. The molecule has 0 aromatic carbocycles. The van der Waals surface area contributed by atoms with Crippen LogP contribution in [0.5, 0.6) is 5.88 Å². The number of nitrogens with one attached hydrogen (secondary N) is 1. The third kappa shape index (κ3) is 4.07. The second kappa shape index (κ2) is 8.30. The summed E-state index contributed by atoms with van der Waals surface area (Å²) in [5, 5.41) is 2.73. The Morgan fingerprint density at radius 1 is 1.22 bits per heavy atom. The Hall–Kier alpha value is -3.34. The van der Waals surface area contributed by atoms with E-state index in [9.17, 15) is 9.18 Å². The van der Waals surface area contributed by atoms with Gasteiger partial charge in [0.05, 0.1) is 31.4 Å². The fourth-order valence-corrected chi connectivity index (χ4v) is 4.26. The Morgan fingerprint density at radius 2 is 2.06 bits per heavy atom. The zero-order valence-corrected chi connectivity index (χ0v) is 18.0. The van der Waals surface area contributed by atoms with E-state index in [1.807, 2.05) is 13.1 Å². The summed E-state index contributed by atoms with van der Waals surface area (Å²) in [7, 11) is 1.51. The van der Waals surface area contributed by atoms with Crippen molar-refractivity contribution in [2.45, 2.75) is 19.5 Å². The molecular formula is C21H25FN8O2. The number of hydrogen-bond donors (Lipinski definition) is 1. The Balaban J connectivity index is 1.19. The summed E-state index contributed by atoms with van der Waals surface area (Å²) in [4.78, 5) is 34.3. The highest BCUT2D eigenvalue weighted by atomic mass is 19.1.